The Labute approximate surface area is 120 Å². The Morgan fingerprint density at radius 2 is 1.55 bits per heavy atom. The Kier molecular flexibility index (Phi) is 5.30. The fourth-order valence-electron chi connectivity index (χ4n) is 1.84. The number of hydrogen-bond donors (Lipinski definition) is 1. The number of benzene rings is 2. The van der Waals surface area contributed by atoms with E-state index in [0.29, 0.717) is 0 Å². The molecule has 3 nitrogen and oxygen atoms in total. The monoisotopic (exact) mass is 271 g/mol. The lowest BCUT2D eigenvalue weighted by Crippen LogP contribution is -2.00. The molecule has 0 radical (unpaired) electrons. The molecule has 0 atom stereocenters. The first-order valence-corrected chi connectivity index (χ1v) is 6.91. The van der Waals surface area contributed by atoms with Crippen molar-refractivity contribution in [1.29, 1.82) is 0 Å². The van der Waals surface area contributed by atoms with E-state index >= 15 is 0 Å². The lowest BCUT2D eigenvalue weighted by molar-refractivity contribution is 0.317. The SMILES string of the molecule is CCCOc1ccc(NCc2ccc(OC)cc2)cc1. The number of nitrogens with one attached hydrogen (secondary N) is 1. The first-order valence-electron chi connectivity index (χ1n) is 6.91. The summed E-state index contributed by atoms with van der Waals surface area (Å²) in [5, 5.41) is 3.39. The Morgan fingerprint density at radius 1 is 0.900 bits per heavy atom. The summed E-state index contributed by atoms with van der Waals surface area (Å²) in [6, 6.07) is 16.1. The quantitative estimate of drug-likeness (QED) is 0.822. The molecule has 0 aliphatic heterocycles. The zero-order chi connectivity index (χ0) is 14.2. The summed E-state index contributed by atoms with van der Waals surface area (Å²) in [5.74, 6) is 1.80. The van der Waals surface area contributed by atoms with Crippen LogP contribution in [0.2, 0.25) is 0 Å². The molecular formula is C17H21NO2. The maximum absolute atomic E-state index is 5.56. The largest absolute Gasteiger partial charge is 0.497 e. The lowest BCUT2D eigenvalue weighted by Gasteiger charge is -2.09. The molecule has 106 valence electrons. The summed E-state index contributed by atoms with van der Waals surface area (Å²) in [7, 11) is 1.68. The standard InChI is InChI=1S/C17H21NO2/c1-3-12-20-17-10-6-15(7-11-17)18-13-14-4-8-16(19-2)9-5-14/h4-11,18H,3,12-13H2,1-2H3. The van der Waals surface area contributed by atoms with Gasteiger partial charge in [-0.1, -0.05) is 19.1 Å². The van der Waals surface area contributed by atoms with E-state index in [1.54, 1.807) is 7.11 Å². The summed E-state index contributed by atoms with van der Waals surface area (Å²) in [4.78, 5) is 0. The normalized spacial score (nSPS) is 10.1. The van der Waals surface area contributed by atoms with Crippen LogP contribution in [0.5, 0.6) is 11.5 Å². The molecule has 0 aromatic heterocycles. The third kappa shape index (κ3) is 4.19. The van der Waals surface area contributed by atoms with Crippen LogP contribution < -0.4 is 14.8 Å². The van der Waals surface area contributed by atoms with Gasteiger partial charge in [-0.3, -0.25) is 0 Å². The highest BCUT2D eigenvalue weighted by Gasteiger charge is 1.97. The van der Waals surface area contributed by atoms with Crippen molar-refractivity contribution in [2.45, 2.75) is 19.9 Å². The summed E-state index contributed by atoms with van der Waals surface area (Å²) < 4.78 is 10.7. The van der Waals surface area contributed by atoms with Crippen molar-refractivity contribution in [3.8, 4) is 11.5 Å². The minimum absolute atomic E-state index is 0.763. The van der Waals surface area contributed by atoms with Crippen LogP contribution in [0.1, 0.15) is 18.9 Å². The molecule has 0 bridgehead atoms. The molecule has 1 N–H and O–H groups in total. The fraction of sp³-hybridized carbons (Fsp3) is 0.294. The second-order valence-electron chi connectivity index (χ2n) is 4.57. The highest BCUT2D eigenvalue weighted by molar-refractivity contribution is 5.47. The molecule has 0 saturated carbocycles. The van der Waals surface area contributed by atoms with Crippen LogP contribution in [0.3, 0.4) is 0 Å². The van der Waals surface area contributed by atoms with Gasteiger partial charge >= 0.3 is 0 Å². The summed E-state index contributed by atoms with van der Waals surface area (Å²) in [5.41, 5.74) is 2.31. The van der Waals surface area contributed by atoms with Crippen molar-refractivity contribution in [2.24, 2.45) is 0 Å². The van der Waals surface area contributed by atoms with Crippen LogP contribution in [0.4, 0.5) is 5.69 Å². The van der Waals surface area contributed by atoms with Crippen molar-refractivity contribution in [3.63, 3.8) is 0 Å². The molecule has 2 aromatic rings. The van der Waals surface area contributed by atoms with Gasteiger partial charge in [-0.15, -0.1) is 0 Å². The van der Waals surface area contributed by atoms with E-state index in [1.165, 1.54) is 5.56 Å². The molecule has 0 unspecified atom stereocenters. The smallest absolute Gasteiger partial charge is 0.119 e. The molecule has 0 aliphatic carbocycles. The lowest BCUT2D eigenvalue weighted by atomic mass is 10.2. The summed E-state index contributed by atoms with van der Waals surface area (Å²) >= 11 is 0. The highest BCUT2D eigenvalue weighted by atomic mass is 16.5. The molecule has 0 spiro atoms. The summed E-state index contributed by atoms with van der Waals surface area (Å²) in [6.07, 6.45) is 1.03. The number of ether oxygens (including phenoxy) is 2. The molecule has 0 fully saturated rings. The Morgan fingerprint density at radius 3 is 2.15 bits per heavy atom. The van der Waals surface area contributed by atoms with Gasteiger partial charge in [0, 0.05) is 12.2 Å². The highest BCUT2D eigenvalue weighted by Crippen LogP contribution is 2.17. The maximum atomic E-state index is 5.56. The molecule has 2 aromatic carbocycles. The predicted octanol–water partition coefficient (Wildman–Crippen LogP) is 4.10. The van der Waals surface area contributed by atoms with E-state index in [2.05, 4.69) is 24.4 Å². The predicted molar refractivity (Wildman–Crippen MR) is 82.5 cm³/mol. The Hall–Kier alpha value is -2.16. The third-order valence-electron chi connectivity index (χ3n) is 2.98. The van der Waals surface area contributed by atoms with Crippen LogP contribution in [0.15, 0.2) is 48.5 Å². The van der Waals surface area contributed by atoms with Gasteiger partial charge in [-0.25, -0.2) is 0 Å². The van der Waals surface area contributed by atoms with Crippen molar-refractivity contribution in [2.75, 3.05) is 19.0 Å². The van der Waals surface area contributed by atoms with Gasteiger partial charge in [0.1, 0.15) is 11.5 Å². The average Bonchev–Trinajstić information content (AvgIpc) is 2.52. The third-order valence-corrected chi connectivity index (χ3v) is 2.98. The molecule has 2 rings (SSSR count). The van der Waals surface area contributed by atoms with Gasteiger partial charge in [-0.05, 0) is 48.4 Å². The zero-order valence-electron chi connectivity index (χ0n) is 12.1. The van der Waals surface area contributed by atoms with Crippen LogP contribution in [-0.2, 0) is 6.54 Å². The molecule has 20 heavy (non-hydrogen) atoms. The van der Waals surface area contributed by atoms with E-state index < -0.39 is 0 Å². The Balaban J connectivity index is 1.86. The van der Waals surface area contributed by atoms with Crippen molar-refractivity contribution < 1.29 is 9.47 Å². The fourth-order valence-corrected chi connectivity index (χ4v) is 1.84. The molecule has 0 amide bonds. The van der Waals surface area contributed by atoms with Gasteiger partial charge in [-0.2, -0.15) is 0 Å². The van der Waals surface area contributed by atoms with E-state index in [-0.39, 0.29) is 0 Å². The minimum atomic E-state index is 0.763. The number of hydrogen-bond acceptors (Lipinski definition) is 3. The minimum Gasteiger partial charge on any atom is -0.497 e. The van der Waals surface area contributed by atoms with Crippen LogP contribution in [-0.4, -0.2) is 13.7 Å². The first-order chi connectivity index (χ1) is 9.81. The van der Waals surface area contributed by atoms with E-state index in [0.717, 1.165) is 36.8 Å². The van der Waals surface area contributed by atoms with Crippen LogP contribution in [0, 0.1) is 0 Å². The maximum Gasteiger partial charge on any atom is 0.119 e. The number of methoxy groups -OCH3 is 1. The molecular weight excluding hydrogens is 250 g/mol. The van der Waals surface area contributed by atoms with Crippen LogP contribution >= 0.6 is 0 Å². The van der Waals surface area contributed by atoms with Gasteiger partial charge in [0.25, 0.3) is 0 Å². The van der Waals surface area contributed by atoms with Crippen molar-refractivity contribution in [3.05, 3.63) is 54.1 Å². The summed E-state index contributed by atoms with van der Waals surface area (Å²) in [6.45, 7) is 3.66. The van der Waals surface area contributed by atoms with Crippen molar-refractivity contribution in [1.82, 2.24) is 0 Å². The number of rotatable bonds is 7. The van der Waals surface area contributed by atoms with E-state index in [9.17, 15) is 0 Å². The van der Waals surface area contributed by atoms with Gasteiger partial charge in [0.15, 0.2) is 0 Å². The Bertz CT molecular complexity index is 506. The second kappa shape index (κ2) is 7.43. The van der Waals surface area contributed by atoms with Gasteiger partial charge in [0.2, 0.25) is 0 Å². The number of anilines is 1. The molecule has 0 aliphatic rings. The second-order valence-corrected chi connectivity index (χ2v) is 4.57. The van der Waals surface area contributed by atoms with Gasteiger partial charge < -0.3 is 14.8 Å². The topological polar surface area (TPSA) is 30.5 Å². The van der Waals surface area contributed by atoms with E-state index in [4.69, 9.17) is 9.47 Å². The molecule has 0 heterocycles. The molecule has 3 heteroatoms. The zero-order valence-corrected chi connectivity index (χ0v) is 12.1. The molecule has 0 saturated heterocycles. The van der Waals surface area contributed by atoms with Crippen LogP contribution in [0.25, 0.3) is 0 Å². The first kappa shape index (κ1) is 14.3. The van der Waals surface area contributed by atoms with Gasteiger partial charge in [0.05, 0.1) is 13.7 Å². The van der Waals surface area contributed by atoms with E-state index in [1.807, 2.05) is 36.4 Å². The average molecular weight is 271 g/mol. The van der Waals surface area contributed by atoms with Crippen molar-refractivity contribution >= 4 is 5.69 Å².